The summed E-state index contributed by atoms with van der Waals surface area (Å²) in [4.78, 5) is -0.113. The Bertz CT molecular complexity index is 1200. The van der Waals surface area contributed by atoms with Crippen molar-refractivity contribution in [2.75, 3.05) is 5.32 Å². The number of nitrogens with zero attached hydrogens (tertiary/aromatic N) is 3. The molecule has 0 fully saturated rings. The number of hydrogen-bond acceptors (Lipinski definition) is 5. The van der Waals surface area contributed by atoms with E-state index in [2.05, 4.69) is 22.1 Å². The van der Waals surface area contributed by atoms with Gasteiger partial charge in [0.25, 0.3) is 0 Å². The summed E-state index contributed by atoms with van der Waals surface area (Å²) < 4.78 is 25.0. The number of azo groups is 1. The number of primary sulfonamides is 1. The normalized spacial score (nSPS) is 11.8. The molecule has 144 valence electrons. The second kappa shape index (κ2) is 7.89. The van der Waals surface area contributed by atoms with Gasteiger partial charge in [0.05, 0.1) is 11.2 Å². The minimum atomic E-state index is -3.93. The van der Waals surface area contributed by atoms with E-state index in [9.17, 15) is 13.5 Å². The number of para-hydroxylation sites is 2. The van der Waals surface area contributed by atoms with Crippen molar-refractivity contribution in [3.63, 3.8) is 0 Å². The van der Waals surface area contributed by atoms with Crippen LogP contribution in [0.3, 0.4) is 0 Å². The van der Waals surface area contributed by atoms with E-state index in [1.54, 1.807) is 28.8 Å². The number of nitrogens with two attached hydrogens (primary N) is 1. The highest BCUT2D eigenvalue weighted by Gasteiger charge is 2.16. The molecular weight excluding hydrogens is 398 g/mol. The first-order chi connectivity index (χ1) is 13.3. The third-order valence-corrected chi connectivity index (χ3v) is 5.06. The number of anilines is 1. The SMILES string of the molecule is C=CCn1c(O)c(N=NC(=S)Nc2ccccc2S(N)(=O)=O)c2ccccc21. The molecule has 0 bridgehead atoms. The van der Waals surface area contributed by atoms with E-state index in [0.717, 1.165) is 5.52 Å². The molecule has 1 aromatic heterocycles. The van der Waals surface area contributed by atoms with Gasteiger partial charge in [-0.25, -0.2) is 13.6 Å². The molecule has 4 N–H and O–H groups in total. The van der Waals surface area contributed by atoms with Gasteiger partial charge in [0.15, 0.2) is 5.69 Å². The standard InChI is InChI=1S/C18H17N5O3S2/c1-2-11-23-14-9-5-3-7-12(14)16(17(23)24)21-22-18(27)20-13-8-4-6-10-15(13)28(19,25)26/h2-10,24H,1,11H2,(H,20,27)(H2,19,25,26). The van der Waals surface area contributed by atoms with Crippen LogP contribution in [0, 0.1) is 0 Å². The summed E-state index contributed by atoms with van der Waals surface area (Å²) in [7, 11) is -3.93. The van der Waals surface area contributed by atoms with Crippen molar-refractivity contribution >= 4 is 49.6 Å². The highest BCUT2D eigenvalue weighted by molar-refractivity contribution is 7.89. The lowest BCUT2D eigenvalue weighted by Crippen LogP contribution is -2.16. The van der Waals surface area contributed by atoms with E-state index >= 15 is 0 Å². The Morgan fingerprint density at radius 2 is 1.93 bits per heavy atom. The van der Waals surface area contributed by atoms with E-state index in [1.807, 2.05) is 18.2 Å². The Labute approximate surface area is 167 Å². The molecule has 8 nitrogen and oxygen atoms in total. The van der Waals surface area contributed by atoms with E-state index in [0.29, 0.717) is 11.9 Å². The fourth-order valence-electron chi connectivity index (χ4n) is 2.74. The number of aromatic nitrogens is 1. The van der Waals surface area contributed by atoms with Crippen LogP contribution >= 0.6 is 12.2 Å². The molecule has 28 heavy (non-hydrogen) atoms. The molecular formula is C18H17N5O3S2. The summed E-state index contributed by atoms with van der Waals surface area (Å²) in [5.41, 5.74) is 1.21. The molecule has 0 atom stereocenters. The molecule has 0 unspecified atom stereocenters. The first-order valence-corrected chi connectivity index (χ1v) is 10.0. The summed E-state index contributed by atoms with van der Waals surface area (Å²) in [5.74, 6) is -0.0717. The third kappa shape index (κ3) is 3.93. The molecule has 3 aromatic rings. The van der Waals surface area contributed by atoms with Gasteiger partial charge in [-0.15, -0.1) is 16.8 Å². The molecule has 0 aliphatic carbocycles. The van der Waals surface area contributed by atoms with Crippen molar-refractivity contribution in [1.29, 1.82) is 0 Å². The number of fused-ring (bicyclic) bond motifs is 1. The number of nitrogens with one attached hydrogen (secondary N) is 1. The number of rotatable bonds is 5. The largest absolute Gasteiger partial charge is 0.493 e. The zero-order valence-electron chi connectivity index (χ0n) is 14.6. The van der Waals surface area contributed by atoms with Crippen LogP contribution in [0.15, 0.2) is 76.3 Å². The Hall–Kier alpha value is -3.08. The van der Waals surface area contributed by atoms with Crippen LogP contribution in [0.25, 0.3) is 10.9 Å². The molecule has 0 aliphatic heterocycles. The highest BCUT2D eigenvalue weighted by atomic mass is 32.2. The highest BCUT2D eigenvalue weighted by Crippen LogP contribution is 2.38. The Morgan fingerprint density at radius 1 is 1.25 bits per heavy atom. The van der Waals surface area contributed by atoms with Gasteiger partial charge in [0.1, 0.15) is 4.90 Å². The topological polar surface area (TPSA) is 122 Å². The predicted molar refractivity (Wildman–Crippen MR) is 112 cm³/mol. The van der Waals surface area contributed by atoms with Gasteiger partial charge < -0.3 is 15.0 Å². The van der Waals surface area contributed by atoms with Gasteiger partial charge in [-0.3, -0.25) is 0 Å². The second-order valence-corrected chi connectivity index (χ2v) is 7.68. The zero-order valence-corrected chi connectivity index (χ0v) is 16.2. The van der Waals surface area contributed by atoms with Crippen LogP contribution in [-0.2, 0) is 16.6 Å². The summed E-state index contributed by atoms with van der Waals surface area (Å²) in [5, 5.41) is 27.0. The molecule has 0 radical (unpaired) electrons. The minimum absolute atomic E-state index is 0.0717. The molecule has 0 spiro atoms. The van der Waals surface area contributed by atoms with Crippen LogP contribution in [0.5, 0.6) is 5.88 Å². The Morgan fingerprint density at radius 3 is 2.64 bits per heavy atom. The van der Waals surface area contributed by atoms with Gasteiger partial charge in [-0.2, -0.15) is 0 Å². The second-order valence-electron chi connectivity index (χ2n) is 5.76. The summed E-state index contributed by atoms with van der Waals surface area (Å²) in [6.45, 7) is 4.08. The molecule has 0 saturated heterocycles. The molecule has 0 aliphatic rings. The molecule has 1 heterocycles. The fraction of sp³-hybridized carbons (Fsp3) is 0.0556. The van der Waals surface area contributed by atoms with Crippen molar-refractivity contribution in [3.8, 4) is 5.88 Å². The number of sulfonamides is 1. The van der Waals surface area contributed by atoms with E-state index in [4.69, 9.17) is 17.4 Å². The van der Waals surface area contributed by atoms with Gasteiger partial charge >= 0.3 is 0 Å². The summed E-state index contributed by atoms with van der Waals surface area (Å²) >= 11 is 5.13. The van der Waals surface area contributed by atoms with Gasteiger partial charge in [-0.1, -0.05) is 36.4 Å². The fourth-order valence-corrected chi connectivity index (χ4v) is 3.58. The lowest BCUT2D eigenvalue weighted by molar-refractivity contribution is 0.431. The van der Waals surface area contributed by atoms with Crippen molar-refractivity contribution in [2.45, 2.75) is 11.4 Å². The van der Waals surface area contributed by atoms with Crippen LogP contribution in [0.1, 0.15) is 0 Å². The van der Waals surface area contributed by atoms with E-state index < -0.39 is 10.0 Å². The predicted octanol–water partition coefficient (Wildman–Crippen LogP) is 3.66. The monoisotopic (exact) mass is 415 g/mol. The molecule has 3 rings (SSSR count). The van der Waals surface area contributed by atoms with Gasteiger partial charge in [-0.05, 0) is 30.4 Å². The Kier molecular flexibility index (Phi) is 5.54. The minimum Gasteiger partial charge on any atom is -0.493 e. The number of thiocarbonyl (C=S) groups is 1. The number of benzene rings is 2. The maximum atomic E-state index is 11.7. The number of hydrogen-bond donors (Lipinski definition) is 3. The lowest BCUT2D eigenvalue weighted by Gasteiger charge is -2.08. The van der Waals surface area contributed by atoms with Crippen molar-refractivity contribution < 1.29 is 13.5 Å². The molecule has 0 saturated carbocycles. The first kappa shape index (κ1) is 19.7. The smallest absolute Gasteiger partial charge is 0.240 e. The van der Waals surface area contributed by atoms with Crippen LogP contribution < -0.4 is 10.5 Å². The average molecular weight is 416 g/mol. The van der Waals surface area contributed by atoms with Crippen molar-refractivity contribution in [3.05, 3.63) is 61.2 Å². The van der Waals surface area contributed by atoms with Crippen molar-refractivity contribution in [2.24, 2.45) is 15.4 Å². The summed E-state index contributed by atoms with van der Waals surface area (Å²) in [6, 6.07) is 13.3. The molecule has 10 heteroatoms. The lowest BCUT2D eigenvalue weighted by atomic mass is 10.2. The maximum Gasteiger partial charge on any atom is 0.240 e. The van der Waals surface area contributed by atoms with E-state index in [-0.39, 0.29) is 27.3 Å². The summed E-state index contributed by atoms with van der Waals surface area (Å²) in [6.07, 6.45) is 1.66. The van der Waals surface area contributed by atoms with Crippen LogP contribution in [0.2, 0.25) is 0 Å². The molecule has 0 amide bonds. The van der Waals surface area contributed by atoms with Gasteiger partial charge in [0.2, 0.25) is 21.0 Å². The van der Waals surface area contributed by atoms with Crippen molar-refractivity contribution in [1.82, 2.24) is 4.57 Å². The number of aromatic hydroxyl groups is 1. The van der Waals surface area contributed by atoms with Crippen LogP contribution in [-0.4, -0.2) is 23.2 Å². The average Bonchev–Trinajstić information content (AvgIpc) is 2.92. The van der Waals surface area contributed by atoms with E-state index in [1.165, 1.54) is 12.1 Å². The van der Waals surface area contributed by atoms with Gasteiger partial charge in [0, 0.05) is 11.9 Å². The Balaban J connectivity index is 1.93. The zero-order chi connectivity index (χ0) is 20.3. The van der Waals surface area contributed by atoms with Crippen LogP contribution in [0.4, 0.5) is 11.4 Å². The quantitative estimate of drug-likeness (QED) is 0.333. The first-order valence-electron chi connectivity index (χ1n) is 8.08. The number of allylic oxidation sites excluding steroid dienone is 1. The third-order valence-electron chi connectivity index (χ3n) is 3.91. The molecule has 2 aromatic carbocycles. The maximum absolute atomic E-state index is 11.7.